The lowest BCUT2D eigenvalue weighted by Gasteiger charge is -2.12. The smallest absolute Gasteiger partial charge is 0.122 e. The Kier molecular flexibility index (Phi) is 4.65. The molecule has 0 saturated heterocycles. The van der Waals surface area contributed by atoms with Crippen LogP contribution in [0.3, 0.4) is 0 Å². The average molecular weight is 308 g/mol. The molecular formula is C20H24N2O. The van der Waals surface area contributed by atoms with Crippen molar-refractivity contribution in [1.29, 1.82) is 0 Å². The van der Waals surface area contributed by atoms with Crippen LogP contribution in [0, 0.1) is 13.8 Å². The highest BCUT2D eigenvalue weighted by Gasteiger charge is 2.08. The van der Waals surface area contributed by atoms with Gasteiger partial charge in [-0.3, -0.25) is 0 Å². The van der Waals surface area contributed by atoms with E-state index >= 15 is 0 Å². The third-order valence-corrected chi connectivity index (χ3v) is 4.39. The summed E-state index contributed by atoms with van der Waals surface area (Å²) in [6.45, 7) is 8.05. The molecule has 0 aliphatic carbocycles. The van der Waals surface area contributed by atoms with Gasteiger partial charge >= 0.3 is 0 Å². The van der Waals surface area contributed by atoms with Crippen LogP contribution in [0.5, 0.6) is 5.75 Å². The second-order valence-electron chi connectivity index (χ2n) is 5.92. The molecule has 0 N–H and O–H groups in total. The number of fused-ring (bicyclic) bond motifs is 1. The first-order valence-electron chi connectivity index (χ1n) is 8.34. The summed E-state index contributed by atoms with van der Waals surface area (Å²) in [6, 6.07) is 14.6. The predicted molar refractivity (Wildman–Crippen MR) is 95.1 cm³/mol. The molecule has 0 amide bonds. The minimum absolute atomic E-state index is 0.722. The van der Waals surface area contributed by atoms with Crippen molar-refractivity contribution in [3.63, 3.8) is 0 Å². The number of aryl methyl sites for hydroxylation is 3. The monoisotopic (exact) mass is 308 g/mol. The average Bonchev–Trinajstić information content (AvgIpc) is 2.93. The second-order valence-corrected chi connectivity index (χ2v) is 5.92. The number of hydrogen-bond acceptors (Lipinski definition) is 2. The Balaban J connectivity index is 1.66. The first kappa shape index (κ1) is 15.6. The maximum Gasteiger partial charge on any atom is 0.122 e. The van der Waals surface area contributed by atoms with Crippen LogP contribution in [0.15, 0.2) is 42.5 Å². The van der Waals surface area contributed by atoms with E-state index in [9.17, 15) is 0 Å². The van der Waals surface area contributed by atoms with Crippen molar-refractivity contribution in [3.05, 3.63) is 59.4 Å². The fourth-order valence-corrected chi connectivity index (χ4v) is 2.93. The van der Waals surface area contributed by atoms with E-state index in [4.69, 9.17) is 9.72 Å². The van der Waals surface area contributed by atoms with Crippen molar-refractivity contribution in [2.24, 2.45) is 0 Å². The van der Waals surface area contributed by atoms with E-state index in [1.165, 1.54) is 16.6 Å². The van der Waals surface area contributed by atoms with Crippen molar-refractivity contribution < 1.29 is 4.74 Å². The molecule has 3 rings (SSSR count). The van der Waals surface area contributed by atoms with Crippen LogP contribution in [-0.2, 0) is 13.0 Å². The number of nitrogens with zero attached hydrogens (tertiary/aromatic N) is 2. The molecule has 0 unspecified atom stereocenters. The van der Waals surface area contributed by atoms with Gasteiger partial charge in [0.1, 0.15) is 11.6 Å². The Hall–Kier alpha value is -2.29. The molecule has 0 saturated carbocycles. The van der Waals surface area contributed by atoms with Crippen LogP contribution in [0.2, 0.25) is 0 Å². The molecule has 23 heavy (non-hydrogen) atoms. The first-order chi connectivity index (χ1) is 11.2. The van der Waals surface area contributed by atoms with Crippen molar-refractivity contribution in [1.82, 2.24) is 9.55 Å². The topological polar surface area (TPSA) is 27.1 Å². The molecule has 0 spiro atoms. The Labute approximate surface area is 137 Å². The van der Waals surface area contributed by atoms with Gasteiger partial charge in [-0.05, 0) is 49.6 Å². The molecule has 0 atom stereocenters. The number of para-hydroxylation sites is 2. The van der Waals surface area contributed by atoms with Crippen LogP contribution >= 0.6 is 0 Å². The minimum Gasteiger partial charge on any atom is -0.493 e. The van der Waals surface area contributed by atoms with Gasteiger partial charge in [-0.2, -0.15) is 0 Å². The van der Waals surface area contributed by atoms with Crippen LogP contribution in [0.25, 0.3) is 11.0 Å². The van der Waals surface area contributed by atoms with Gasteiger partial charge in [-0.25, -0.2) is 4.98 Å². The largest absolute Gasteiger partial charge is 0.493 e. The van der Waals surface area contributed by atoms with Gasteiger partial charge < -0.3 is 9.30 Å². The van der Waals surface area contributed by atoms with Crippen LogP contribution in [0.4, 0.5) is 0 Å². The SMILES string of the molecule is CCc1nc2ccccc2n1CCCOc1cccc(C)c1C. The number of aromatic nitrogens is 2. The Morgan fingerprint density at radius 1 is 1.04 bits per heavy atom. The summed E-state index contributed by atoms with van der Waals surface area (Å²) in [5.74, 6) is 2.15. The summed E-state index contributed by atoms with van der Waals surface area (Å²) in [5.41, 5.74) is 4.81. The highest BCUT2D eigenvalue weighted by atomic mass is 16.5. The zero-order valence-electron chi connectivity index (χ0n) is 14.2. The summed E-state index contributed by atoms with van der Waals surface area (Å²) in [5, 5.41) is 0. The summed E-state index contributed by atoms with van der Waals surface area (Å²) in [4.78, 5) is 4.72. The predicted octanol–water partition coefficient (Wildman–Crippen LogP) is 4.68. The quantitative estimate of drug-likeness (QED) is 0.618. The maximum absolute atomic E-state index is 5.97. The first-order valence-corrected chi connectivity index (χ1v) is 8.34. The standard InChI is InChI=1S/C20H24N2O/c1-4-20-21-17-10-5-6-11-18(17)22(20)13-8-14-23-19-12-7-9-15(2)16(19)3/h5-7,9-12H,4,8,13-14H2,1-3H3. The second kappa shape index (κ2) is 6.86. The third kappa shape index (κ3) is 3.24. The minimum atomic E-state index is 0.722. The molecule has 0 radical (unpaired) electrons. The summed E-state index contributed by atoms with van der Waals surface area (Å²) in [7, 11) is 0. The van der Waals surface area contributed by atoms with Gasteiger partial charge in [0.15, 0.2) is 0 Å². The molecule has 3 aromatic rings. The molecule has 0 aliphatic heterocycles. The van der Waals surface area contributed by atoms with E-state index in [1.807, 2.05) is 12.1 Å². The van der Waals surface area contributed by atoms with Crippen LogP contribution in [-0.4, -0.2) is 16.2 Å². The molecule has 2 aromatic carbocycles. The van der Waals surface area contributed by atoms with Gasteiger partial charge in [-0.1, -0.05) is 31.2 Å². The van der Waals surface area contributed by atoms with E-state index in [-0.39, 0.29) is 0 Å². The molecule has 1 heterocycles. The van der Waals surface area contributed by atoms with Gasteiger partial charge in [0.25, 0.3) is 0 Å². The van der Waals surface area contributed by atoms with Crippen molar-refractivity contribution in [2.75, 3.05) is 6.61 Å². The Morgan fingerprint density at radius 3 is 2.70 bits per heavy atom. The highest BCUT2D eigenvalue weighted by molar-refractivity contribution is 5.75. The summed E-state index contributed by atoms with van der Waals surface area (Å²) < 4.78 is 8.29. The fraction of sp³-hybridized carbons (Fsp3) is 0.350. The third-order valence-electron chi connectivity index (χ3n) is 4.39. The number of imidazole rings is 1. The Bertz CT molecular complexity index is 805. The lowest BCUT2D eigenvalue weighted by molar-refractivity contribution is 0.299. The van der Waals surface area contributed by atoms with Gasteiger partial charge in [0.05, 0.1) is 17.6 Å². The molecule has 0 fully saturated rings. The zero-order chi connectivity index (χ0) is 16.2. The van der Waals surface area contributed by atoms with Crippen molar-refractivity contribution in [2.45, 2.75) is 40.2 Å². The zero-order valence-corrected chi connectivity index (χ0v) is 14.2. The van der Waals surface area contributed by atoms with Crippen molar-refractivity contribution >= 4 is 11.0 Å². The number of benzene rings is 2. The molecule has 3 nitrogen and oxygen atoms in total. The fourth-order valence-electron chi connectivity index (χ4n) is 2.93. The van der Waals surface area contributed by atoms with Crippen LogP contribution < -0.4 is 4.74 Å². The number of ether oxygens (including phenoxy) is 1. The maximum atomic E-state index is 5.97. The number of hydrogen-bond donors (Lipinski definition) is 0. The van der Waals surface area contributed by atoms with E-state index in [0.717, 1.165) is 43.1 Å². The van der Waals surface area contributed by atoms with Gasteiger partial charge in [-0.15, -0.1) is 0 Å². The molecule has 120 valence electrons. The lowest BCUT2D eigenvalue weighted by Crippen LogP contribution is -2.08. The van der Waals surface area contributed by atoms with E-state index in [2.05, 4.69) is 55.7 Å². The molecule has 3 heteroatoms. The molecule has 0 bridgehead atoms. The summed E-state index contributed by atoms with van der Waals surface area (Å²) >= 11 is 0. The van der Waals surface area contributed by atoms with E-state index in [0.29, 0.717) is 0 Å². The van der Waals surface area contributed by atoms with E-state index < -0.39 is 0 Å². The Morgan fingerprint density at radius 2 is 1.87 bits per heavy atom. The number of rotatable bonds is 6. The lowest BCUT2D eigenvalue weighted by atomic mass is 10.1. The molecular weight excluding hydrogens is 284 g/mol. The van der Waals surface area contributed by atoms with Crippen LogP contribution in [0.1, 0.15) is 30.3 Å². The highest BCUT2D eigenvalue weighted by Crippen LogP contribution is 2.21. The van der Waals surface area contributed by atoms with Gasteiger partial charge in [0, 0.05) is 13.0 Å². The molecule has 1 aromatic heterocycles. The van der Waals surface area contributed by atoms with Crippen molar-refractivity contribution in [3.8, 4) is 5.75 Å². The van der Waals surface area contributed by atoms with E-state index in [1.54, 1.807) is 0 Å². The molecule has 0 aliphatic rings. The van der Waals surface area contributed by atoms with Gasteiger partial charge in [0.2, 0.25) is 0 Å². The normalized spacial score (nSPS) is 11.1. The summed E-state index contributed by atoms with van der Waals surface area (Å²) in [6.07, 6.45) is 1.92.